The Labute approximate surface area is 70.7 Å². The van der Waals surface area contributed by atoms with Gasteiger partial charge in [0.05, 0.1) is 6.61 Å². The maximum atomic E-state index is 10.6. The second-order valence-electron chi connectivity index (χ2n) is 2.67. The molecule has 0 radical (unpaired) electrons. The highest BCUT2D eigenvalue weighted by Crippen LogP contribution is 2.16. The smallest absolute Gasteiger partial charge is 0.303 e. The van der Waals surface area contributed by atoms with Crippen LogP contribution in [0, 0.1) is 0 Å². The molecule has 0 aromatic heterocycles. The first-order valence-electron chi connectivity index (χ1n) is 3.88. The zero-order chi connectivity index (χ0) is 8.97. The van der Waals surface area contributed by atoms with Crippen LogP contribution in [0.4, 0.5) is 0 Å². The largest absolute Gasteiger partial charge is 0.457 e. The first-order valence-corrected chi connectivity index (χ1v) is 3.88. The number of esters is 1. The number of ether oxygens (including phenoxy) is 2. The van der Waals surface area contributed by atoms with E-state index < -0.39 is 6.29 Å². The van der Waals surface area contributed by atoms with Gasteiger partial charge in [0.15, 0.2) is 6.10 Å². The van der Waals surface area contributed by atoms with Crippen LogP contribution in [0.15, 0.2) is 0 Å². The normalized spacial score (nSPS) is 29.8. The number of hydrogen-bond acceptors (Lipinski definition) is 5. The van der Waals surface area contributed by atoms with Crippen LogP contribution in [-0.2, 0) is 19.1 Å². The monoisotopic (exact) mass is 175 g/mol. The van der Waals surface area contributed by atoms with Gasteiger partial charge in [-0.3, -0.25) is 9.63 Å². The molecule has 0 saturated carbocycles. The van der Waals surface area contributed by atoms with E-state index in [1.54, 1.807) is 0 Å². The van der Waals surface area contributed by atoms with Crippen LogP contribution in [0.2, 0.25) is 0 Å². The van der Waals surface area contributed by atoms with Gasteiger partial charge in [-0.2, -0.15) is 0 Å². The summed E-state index contributed by atoms with van der Waals surface area (Å²) < 4.78 is 10.0. The van der Waals surface area contributed by atoms with Crippen LogP contribution in [0.5, 0.6) is 0 Å². The number of hydrogen-bond donors (Lipinski definition) is 1. The van der Waals surface area contributed by atoms with Gasteiger partial charge in [-0.15, -0.1) is 0 Å². The van der Waals surface area contributed by atoms with E-state index in [1.165, 1.54) is 6.92 Å². The van der Waals surface area contributed by atoms with Crippen molar-refractivity contribution in [3.8, 4) is 0 Å². The van der Waals surface area contributed by atoms with Gasteiger partial charge in [-0.25, -0.2) is 5.90 Å². The molecule has 1 rings (SSSR count). The van der Waals surface area contributed by atoms with Gasteiger partial charge in [0.25, 0.3) is 0 Å². The third kappa shape index (κ3) is 2.44. The Morgan fingerprint density at radius 3 is 3.00 bits per heavy atom. The molecule has 12 heavy (non-hydrogen) atoms. The Hall–Kier alpha value is -0.650. The Morgan fingerprint density at radius 2 is 2.42 bits per heavy atom. The van der Waals surface area contributed by atoms with Crippen molar-refractivity contribution < 1.29 is 19.1 Å². The highest BCUT2D eigenvalue weighted by atomic mass is 16.8. The standard InChI is InChI=1S/C7H13NO4/c1-5(9)11-6-3-2-4-10-7(6)12-8/h6-7H,2-4,8H2,1H3. The van der Waals surface area contributed by atoms with E-state index in [2.05, 4.69) is 4.84 Å². The summed E-state index contributed by atoms with van der Waals surface area (Å²) in [5.74, 6) is 4.61. The lowest BCUT2D eigenvalue weighted by Gasteiger charge is -2.28. The summed E-state index contributed by atoms with van der Waals surface area (Å²) in [7, 11) is 0. The zero-order valence-electron chi connectivity index (χ0n) is 6.99. The van der Waals surface area contributed by atoms with E-state index in [0.29, 0.717) is 6.61 Å². The number of carbonyl (C=O) groups is 1. The summed E-state index contributed by atoms with van der Waals surface area (Å²) in [6, 6.07) is 0. The van der Waals surface area contributed by atoms with Crippen LogP contribution < -0.4 is 5.90 Å². The SMILES string of the molecule is CC(=O)OC1CCCOC1ON. The fourth-order valence-corrected chi connectivity index (χ4v) is 1.18. The van der Waals surface area contributed by atoms with E-state index in [1.807, 2.05) is 0 Å². The number of carbonyl (C=O) groups excluding carboxylic acids is 1. The molecule has 5 nitrogen and oxygen atoms in total. The van der Waals surface area contributed by atoms with E-state index in [4.69, 9.17) is 15.4 Å². The maximum absolute atomic E-state index is 10.6. The molecule has 70 valence electrons. The van der Waals surface area contributed by atoms with Gasteiger partial charge in [0, 0.05) is 6.92 Å². The summed E-state index contributed by atoms with van der Waals surface area (Å²) in [6.45, 7) is 1.95. The summed E-state index contributed by atoms with van der Waals surface area (Å²) in [5, 5.41) is 0. The topological polar surface area (TPSA) is 70.8 Å². The maximum Gasteiger partial charge on any atom is 0.303 e. The minimum atomic E-state index is -0.609. The van der Waals surface area contributed by atoms with Gasteiger partial charge < -0.3 is 9.47 Å². The first kappa shape index (κ1) is 9.44. The fraction of sp³-hybridized carbons (Fsp3) is 0.857. The molecular weight excluding hydrogens is 162 g/mol. The van der Waals surface area contributed by atoms with Crippen molar-refractivity contribution in [1.82, 2.24) is 0 Å². The predicted molar refractivity (Wildman–Crippen MR) is 39.8 cm³/mol. The average molecular weight is 175 g/mol. The zero-order valence-corrected chi connectivity index (χ0v) is 6.99. The van der Waals surface area contributed by atoms with Crippen molar-refractivity contribution >= 4 is 5.97 Å². The van der Waals surface area contributed by atoms with Crippen molar-refractivity contribution in [2.75, 3.05) is 6.61 Å². The molecule has 5 heteroatoms. The second kappa shape index (κ2) is 4.39. The second-order valence-corrected chi connectivity index (χ2v) is 2.67. The van der Waals surface area contributed by atoms with Gasteiger partial charge in [0.2, 0.25) is 6.29 Å². The molecule has 1 aliphatic heterocycles. The van der Waals surface area contributed by atoms with Crippen LogP contribution >= 0.6 is 0 Å². The predicted octanol–water partition coefficient (Wildman–Crippen LogP) is -0.0551. The molecule has 1 fully saturated rings. The van der Waals surface area contributed by atoms with Crippen molar-refractivity contribution in [1.29, 1.82) is 0 Å². The molecule has 2 N–H and O–H groups in total. The van der Waals surface area contributed by atoms with Crippen molar-refractivity contribution in [2.45, 2.75) is 32.2 Å². The van der Waals surface area contributed by atoms with E-state index in [0.717, 1.165) is 12.8 Å². The molecule has 1 aliphatic rings. The Kier molecular flexibility index (Phi) is 3.46. The van der Waals surface area contributed by atoms with Gasteiger partial charge in [-0.1, -0.05) is 0 Å². The highest BCUT2D eigenvalue weighted by molar-refractivity contribution is 5.66. The Morgan fingerprint density at radius 1 is 1.67 bits per heavy atom. The molecule has 0 aliphatic carbocycles. The van der Waals surface area contributed by atoms with Crippen molar-refractivity contribution in [2.24, 2.45) is 5.90 Å². The molecule has 1 heterocycles. The minimum absolute atomic E-state index is 0.340. The molecule has 2 unspecified atom stereocenters. The van der Waals surface area contributed by atoms with Crippen molar-refractivity contribution in [3.63, 3.8) is 0 Å². The van der Waals surface area contributed by atoms with Gasteiger partial charge in [0.1, 0.15) is 0 Å². The van der Waals surface area contributed by atoms with Crippen LogP contribution in [0.3, 0.4) is 0 Å². The lowest BCUT2D eigenvalue weighted by atomic mass is 10.1. The Bertz CT molecular complexity index is 161. The Balaban J connectivity index is 2.41. The minimum Gasteiger partial charge on any atom is -0.457 e. The van der Waals surface area contributed by atoms with E-state index in [-0.39, 0.29) is 12.1 Å². The number of nitrogens with two attached hydrogens (primary N) is 1. The molecule has 1 saturated heterocycles. The average Bonchev–Trinajstić information content (AvgIpc) is 2.04. The molecule has 0 spiro atoms. The van der Waals surface area contributed by atoms with E-state index in [9.17, 15) is 4.79 Å². The third-order valence-corrected chi connectivity index (χ3v) is 1.67. The molecule has 0 bridgehead atoms. The summed E-state index contributed by atoms with van der Waals surface area (Å²) >= 11 is 0. The highest BCUT2D eigenvalue weighted by Gasteiger charge is 2.28. The summed E-state index contributed by atoms with van der Waals surface area (Å²) in [4.78, 5) is 15.1. The van der Waals surface area contributed by atoms with Crippen LogP contribution in [0.25, 0.3) is 0 Å². The van der Waals surface area contributed by atoms with E-state index >= 15 is 0 Å². The van der Waals surface area contributed by atoms with Crippen molar-refractivity contribution in [3.05, 3.63) is 0 Å². The molecule has 0 amide bonds. The fourth-order valence-electron chi connectivity index (χ4n) is 1.18. The quantitative estimate of drug-likeness (QED) is 0.470. The van der Waals surface area contributed by atoms with Gasteiger partial charge in [-0.05, 0) is 12.8 Å². The molecule has 0 aromatic rings. The lowest BCUT2D eigenvalue weighted by molar-refractivity contribution is -0.227. The molecule has 2 atom stereocenters. The number of rotatable bonds is 2. The summed E-state index contributed by atoms with van der Waals surface area (Å²) in [5.41, 5.74) is 0. The summed E-state index contributed by atoms with van der Waals surface area (Å²) in [6.07, 6.45) is 0.628. The van der Waals surface area contributed by atoms with Crippen LogP contribution in [-0.4, -0.2) is 25.0 Å². The molecule has 0 aromatic carbocycles. The third-order valence-electron chi connectivity index (χ3n) is 1.67. The first-order chi connectivity index (χ1) is 5.74. The van der Waals surface area contributed by atoms with Gasteiger partial charge >= 0.3 is 5.97 Å². The molecular formula is C7H13NO4. The van der Waals surface area contributed by atoms with Crippen LogP contribution in [0.1, 0.15) is 19.8 Å². The lowest BCUT2D eigenvalue weighted by Crippen LogP contribution is -2.40.